The number of benzene rings is 1. The van der Waals surface area contributed by atoms with Gasteiger partial charge in [0, 0.05) is 5.57 Å². The van der Waals surface area contributed by atoms with Crippen molar-refractivity contribution in [2.75, 3.05) is 5.75 Å². The van der Waals surface area contributed by atoms with E-state index in [1.54, 1.807) is 6.92 Å². The minimum absolute atomic E-state index is 0.275. The highest BCUT2D eigenvalue weighted by molar-refractivity contribution is 7.80. The first kappa shape index (κ1) is 17.1. The quantitative estimate of drug-likeness (QED) is 0.267. The van der Waals surface area contributed by atoms with Gasteiger partial charge in [0.15, 0.2) is 0 Å². The highest BCUT2D eigenvalue weighted by atomic mass is 32.1. The summed E-state index contributed by atoms with van der Waals surface area (Å²) in [6, 6.07) is 8.42. The molecule has 0 bridgehead atoms. The first-order valence-corrected chi connectivity index (χ1v) is 8.80. The molecule has 0 aromatic heterocycles. The highest BCUT2D eigenvalue weighted by Crippen LogP contribution is 2.41. The standard InChI is InChI=1S/C19H26O2S/c1-15(2)18(20)21-19(13-7-8-14-22)12-6-5-10-16-9-3-4-11-17(16)19/h3-4,9,11,22H,1,5-8,10,12-14H2,2H3. The molecule has 0 spiro atoms. The van der Waals surface area contributed by atoms with Gasteiger partial charge in [0.2, 0.25) is 0 Å². The number of rotatable bonds is 6. The molecule has 120 valence electrons. The zero-order valence-corrected chi connectivity index (χ0v) is 14.3. The van der Waals surface area contributed by atoms with Crippen LogP contribution >= 0.6 is 12.6 Å². The molecule has 1 atom stereocenters. The van der Waals surface area contributed by atoms with E-state index in [2.05, 4.69) is 37.4 Å². The van der Waals surface area contributed by atoms with Crippen molar-refractivity contribution in [2.24, 2.45) is 0 Å². The zero-order valence-electron chi connectivity index (χ0n) is 13.4. The zero-order chi connectivity index (χ0) is 16.0. The lowest BCUT2D eigenvalue weighted by Crippen LogP contribution is -2.33. The molecule has 0 fully saturated rings. The molecule has 1 unspecified atom stereocenters. The maximum absolute atomic E-state index is 12.2. The largest absolute Gasteiger partial charge is 0.451 e. The molecule has 2 rings (SSSR count). The van der Waals surface area contributed by atoms with E-state index in [4.69, 9.17) is 4.74 Å². The van der Waals surface area contributed by atoms with Crippen LogP contribution in [0.4, 0.5) is 0 Å². The van der Waals surface area contributed by atoms with Crippen molar-refractivity contribution < 1.29 is 9.53 Å². The Bertz CT molecular complexity index is 538. The van der Waals surface area contributed by atoms with Gasteiger partial charge in [-0.1, -0.05) is 30.8 Å². The van der Waals surface area contributed by atoms with Gasteiger partial charge in [-0.25, -0.2) is 4.79 Å². The average molecular weight is 318 g/mol. The maximum Gasteiger partial charge on any atom is 0.333 e. The number of ether oxygens (including phenoxy) is 1. The summed E-state index contributed by atoms with van der Waals surface area (Å²) in [6.07, 6.45) is 7.11. The maximum atomic E-state index is 12.2. The summed E-state index contributed by atoms with van der Waals surface area (Å²) in [5.74, 6) is 0.592. The Morgan fingerprint density at radius 2 is 2.09 bits per heavy atom. The van der Waals surface area contributed by atoms with E-state index >= 15 is 0 Å². The van der Waals surface area contributed by atoms with E-state index in [-0.39, 0.29) is 5.97 Å². The molecule has 0 saturated carbocycles. The Morgan fingerprint density at radius 1 is 1.32 bits per heavy atom. The minimum Gasteiger partial charge on any atom is -0.451 e. The summed E-state index contributed by atoms with van der Waals surface area (Å²) < 4.78 is 6.03. The molecular formula is C19H26O2S. The summed E-state index contributed by atoms with van der Waals surface area (Å²) in [6.45, 7) is 5.46. The van der Waals surface area contributed by atoms with Crippen LogP contribution in [-0.2, 0) is 21.6 Å². The third-order valence-electron chi connectivity index (χ3n) is 4.41. The van der Waals surface area contributed by atoms with Crippen LogP contribution in [0.1, 0.15) is 56.6 Å². The van der Waals surface area contributed by atoms with Crippen molar-refractivity contribution in [1.82, 2.24) is 0 Å². The van der Waals surface area contributed by atoms with Crippen molar-refractivity contribution in [3.05, 3.63) is 47.5 Å². The van der Waals surface area contributed by atoms with Crippen LogP contribution in [-0.4, -0.2) is 11.7 Å². The van der Waals surface area contributed by atoms with Crippen LogP contribution in [0.25, 0.3) is 0 Å². The van der Waals surface area contributed by atoms with Crippen LogP contribution in [0.2, 0.25) is 0 Å². The highest BCUT2D eigenvalue weighted by Gasteiger charge is 2.38. The van der Waals surface area contributed by atoms with Crippen LogP contribution in [0.5, 0.6) is 0 Å². The second-order valence-corrected chi connectivity index (χ2v) is 6.66. The van der Waals surface area contributed by atoms with Crippen molar-refractivity contribution in [3.63, 3.8) is 0 Å². The Labute approximate surface area is 139 Å². The Hall–Kier alpha value is -1.22. The molecule has 1 aromatic rings. The molecular weight excluding hydrogens is 292 g/mol. The van der Waals surface area contributed by atoms with Crippen molar-refractivity contribution in [2.45, 2.75) is 57.5 Å². The topological polar surface area (TPSA) is 26.3 Å². The predicted octanol–water partition coefficient (Wildman–Crippen LogP) is 4.83. The molecule has 0 radical (unpaired) electrons. The van der Waals surface area contributed by atoms with Crippen LogP contribution < -0.4 is 0 Å². The third-order valence-corrected chi connectivity index (χ3v) is 4.73. The first-order chi connectivity index (χ1) is 10.6. The van der Waals surface area contributed by atoms with Crippen molar-refractivity contribution >= 4 is 18.6 Å². The molecule has 2 nitrogen and oxygen atoms in total. The summed E-state index contributed by atoms with van der Waals surface area (Å²) >= 11 is 4.30. The molecule has 3 heteroatoms. The smallest absolute Gasteiger partial charge is 0.333 e. The molecule has 1 aliphatic carbocycles. The monoisotopic (exact) mass is 318 g/mol. The average Bonchev–Trinajstić information content (AvgIpc) is 2.68. The summed E-state index contributed by atoms with van der Waals surface area (Å²) in [4.78, 5) is 12.2. The molecule has 1 aliphatic rings. The van der Waals surface area contributed by atoms with E-state index in [1.807, 2.05) is 6.07 Å². The Kier molecular flexibility index (Phi) is 6.13. The lowest BCUT2D eigenvalue weighted by Gasteiger charge is -2.34. The second kappa shape index (κ2) is 7.87. The van der Waals surface area contributed by atoms with Gasteiger partial charge in [0.25, 0.3) is 0 Å². The fourth-order valence-electron chi connectivity index (χ4n) is 3.25. The number of carbonyl (C=O) groups is 1. The Balaban J connectivity index is 2.37. The molecule has 0 N–H and O–H groups in total. The number of carbonyl (C=O) groups excluding carboxylic acids is 1. The molecule has 0 saturated heterocycles. The van der Waals surface area contributed by atoms with E-state index in [1.165, 1.54) is 11.1 Å². The summed E-state index contributed by atoms with van der Waals surface area (Å²) in [5, 5.41) is 0. The molecule has 0 amide bonds. The SMILES string of the molecule is C=C(C)C(=O)OC1(CCCCS)CCCCc2ccccc21. The number of esters is 1. The molecule has 22 heavy (non-hydrogen) atoms. The first-order valence-electron chi connectivity index (χ1n) is 8.17. The third kappa shape index (κ3) is 3.95. The van der Waals surface area contributed by atoms with E-state index in [0.717, 1.165) is 50.7 Å². The van der Waals surface area contributed by atoms with Gasteiger partial charge in [0.1, 0.15) is 5.60 Å². The van der Waals surface area contributed by atoms with Crippen LogP contribution in [0, 0.1) is 0 Å². The van der Waals surface area contributed by atoms with Gasteiger partial charge in [-0.05, 0) is 68.7 Å². The fraction of sp³-hybridized carbons (Fsp3) is 0.526. The number of unbranched alkanes of at least 4 members (excludes halogenated alkanes) is 1. The number of thiol groups is 1. The van der Waals surface area contributed by atoms with Crippen molar-refractivity contribution in [1.29, 1.82) is 0 Å². The van der Waals surface area contributed by atoms with Crippen molar-refractivity contribution in [3.8, 4) is 0 Å². The van der Waals surface area contributed by atoms with Gasteiger partial charge in [-0.15, -0.1) is 0 Å². The van der Waals surface area contributed by atoms with Crippen LogP contribution in [0.15, 0.2) is 36.4 Å². The van der Waals surface area contributed by atoms with Crippen LogP contribution in [0.3, 0.4) is 0 Å². The molecule has 0 aliphatic heterocycles. The molecule has 0 heterocycles. The van der Waals surface area contributed by atoms with Gasteiger partial charge in [-0.3, -0.25) is 0 Å². The minimum atomic E-state index is -0.494. The summed E-state index contributed by atoms with van der Waals surface area (Å²) in [7, 11) is 0. The van der Waals surface area contributed by atoms with E-state index in [9.17, 15) is 4.79 Å². The van der Waals surface area contributed by atoms with Gasteiger partial charge < -0.3 is 4.74 Å². The fourth-order valence-corrected chi connectivity index (χ4v) is 3.47. The summed E-state index contributed by atoms with van der Waals surface area (Å²) in [5.41, 5.74) is 2.49. The Morgan fingerprint density at radius 3 is 2.82 bits per heavy atom. The molecule has 1 aromatic carbocycles. The predicted molar refractivity (Wildman–Crippen MR) is 94.3 cm³/mol. The number of hydrogen-bond donors (Lipinski definition) is 1. The van der Waals surface area contributed by atoms with E-state index in [0.29, 0.717) is 5.57 Å². The van der Waals surface area contributed by atoms with Gasteiger partial charge in [-0.2, -0.15) is 12.6 Å². The van der Waals surface area contributed by atoms with Gasteiger partial charge >= 0.3 is 5.97 Å². The number of hydrogen-bond acceptors (Lipinski definition) is 3. The number of aryl methyl sites for hydroxylation is 1. The number of fused-ring (bicyclic) bond motifs is 1. The lowest BCUT2D eigenvalue weighted by atomic mass is 9.83. The lowest BCUT2D eigenvalue weighted by molar-refractivity contribution is -0.158. The second-order valence-electron chi connectivity index (χ2n) is 6.21. The normalized spacial score (nSPS) is 20.8. The van der Waals surface area contributed by atoms with Gasteiger partial charge in [0.05, 0.1) is 0 Å². The van der Waals surface area contributed by atoms with E-state index < -0.39 is 5.60 Å².